The molecule has 1 rings (SSSR count). The molecule has 0 amide bonds. The Morgan fingerprint density at radius 1 is 1.24 bits per heavy atom. The minimum absolute atomic E-state index is 0.177. The van der Waals surface area contributed by atoms with E-state index in [1.54, 1.807) is 0 Å². The molecule has 1 aromatic carbocycles. The van der Waals surface area contributed by atoms with Crippen LogP contribution in [0.15, 0.2) is 23.1 Å². The molecule has 0 spiro atoms. The van der Waals surface area contributed by atoms with E-state index in [-0.39, 0.29) is 5.41 Å². The van der Waals surface area contributed by atoms with Crippen LogP contribution in [0.1, 0.15) is 37.8 Å². The summed E-state index contributed by atoms with van der Waals surface area (Å²) in [6.45, 7) is 8.30. The predicted octanol–water partition coefficient (Wildman–Crippen LogP) is 4.73. The third kappa shape index (κ3) is 4.83. The molecule has 0 aliphatic heterocycles. The Kier molecular flexibility index (Phi) is 5.08. The van der Waals surface area contributed by atoms with E-state index in [1.807, 2.05) is 25.6 Å². The van der Waals surface area contributed by atoms with Crippen LogP contribution in [0, 0.1) is 30.6 Å². The first-order chi connectivity index (χ1) is 7.94. The van der Waals surface area contributed by atoms with Crippen molar-refractivity contribution in [2.75, 3.05) is 5.75 Å². The number of aryl methyl sites for hydroxylation is 2. The van der Waals surface area contributed by atoms with E-state index in [2.05, 4.69) is 38.1 Å². The van der Waals surface area contributed by atoms with Gasteiger partial charge in [-0.25, -0.2) is 0 Å². The summed E-state index contributed by atoms with van der Waals surface area (Å²) in [5.74, 6) is 1.09. The molecule has 0 unspecified atom stereocenters. The Bertz CT molecular complexity index is 415. The lowest BCUT2D eigenvalue weighted by molar-refractivity contribution is 0.448. The Morgan fingerprint density at radius 2 is 1.94 bits per heavy atom. The highest BCUT2D eigenvalue weighted by atomic mass is 32.2. The highest BCUT2D eigenvalue weighted by Crippen LogP contribution is 2.26. The Labute approximate surface area is 109 Å². The van der Waals surface area contributed by atoms with Crippen molar-refractivity contribution in [3.8, 4) is 6.07 Å². The molecule has 0 radical (unpaired) electrons. The second-order valence-electron chi connectivity index (χ2n) is 5.19. The molecule has 92 valence electrons. The molecule has 0 aliphatic rings. The van der Waals surface area contributed by atoms with Gasteiger partial charge in [-0.3, -0.25) is 0 Å². The van der Waals surface area contributed by atoms with Gasteiger partial charge in [-0.1, -0.05) is 6.07 Å². The van der Waals surface area contributed by atoms with Crippen LogP contribution in [0.5, 0.6) is 0 Å². The van der Waals surface area contributed by atoms with Crippen LogP contribution in [0.25, 0.3) is 0 Å². The summed E-state index contributed by atoms with van der Waals surface area (Å²) in [4.78, 5) is 1.34. The van der Waals surface area contributed by atoms with Gasteiger partial charge in [0.05, 0.1) is 11.5 Å². The number of nitrogens with zero attached hydrogens (tertiary/aromatic N) is 1. The van der Waals surface area contributed by atoms with Crippen molar-refractivity contribution in [1.82, 2.24) is 0 Å². The molecular weight excluding hydrogens is 226 g/mol. The fraction of sp³-hybridized carbons (Fsp3) is 0.533. The molecular formula is C15H21NS. The highest BCUT2D eigenvalue weighted by molar-refractivity contribution is 7.99. The van der Waals surface area contributed by atoms with E-state index in [0.717, 1.165) is 18.6 Å². The van der Waals surface area contributed by atoms with Crippen molar-refractivity contribution >= 4 is 11.8 Å². The zero-order valence-electron chi connectivity index (χ0n) is 11.2. The summed E-state index contributed by atoms with van der Waals surface area (Å²) in [7, 11) is 0. The van der Waals surface area contributed by atoms with Crippen molar-refractivity contribution in [3.63, 3.8) is 0 Å². The lowest BCUT2D eigenvalue weighted by Gasteiger charge is -2.14. The molecule has 0 saturated heterocycles. The minimum Gasteiger partial charge on any atom is -0.198 e. The molecule has 0 atom stereocenters. The van der Waals surface area contributed by atoms with Gasteiger partial charge in [-0.15, -0.1) is 11.8 Å². The standard InChI is InChI=1S/C15H21NS/c1-12-6-7-14(10-13(12)2)17-9-5-8-15(3,4)11-16/h6-7,10H,5,8-9H2,1-4H3. The number of benzene rings is 1. The maximum absolute atomic E-state index is 8.92. The summed E-state index contributed by atoms with van der Waals surface area (Å²) in [5.41, 5.74) is 2.52. The normalized spacial score (nSPS) is 11.2. The van der Waals surface area contributed by atoms with Gasteiger partial charge in [0, 0.05) is 4.90 Å². The zero-order valence-corrected chi connectivity index (χ0v) is 12.0. The van der Waals surface area contributed by atoms with Gasteiger partial charge in [0.1, 0.15) is 0 Å². The van der Waals surface area contributed by atoms with E-state index in [1.165, 1.54) is 16.0 Å². The zero-order chi connectivity index (χ0) is 12.9. The summed E-state index contributed by atoms with van der Waals surface area (Å²) < 4.78 is 0. The van der Waals surface area contributed by atoms with E-state index in [0.29, 0.717) is 0 Å². The molecule has 0 saturated carbocycles. The lowest BCUT2D eigenvalue weighted by atomic mass is 9.90. The first-order valence-corrected chi connectivity index (χ1v) is 7.04. The third-order valence-electron chi connectivity index (χ3n) is 3.00. The average molecular weight is 247 g/mol. The molecule has 0 fully saturated rings. The number of rotatable bonds is 5. The molecule has 0 aliphatic carbocycles. The van der Waals surface area contributed by atoms with E-state index in [4.69, 9.17) is 5.26 Å². The minimum atomic E-state index is -0.177. The maximum Gasteiger partial charge on any atom is 0.0683 e. The first kappa shape index (κ1) is 14.1. The molecule has 1 aromatic rings. The average Bonchev–Trinajstić information content (AvgIpc) is 2.29. The molecule has 2 heteroatoms. The van der Waals surface area contributed by atoms with Crippen LogP contribution in [-0.2, 0) is 0 Å². The van der Waals surface area contributed by atoms with Crippen LogP contribution in [0.4, 0.5) is 0 Å². The molecule has 0 aromatic heterocycles. The van der Waals surface area contributed by atoms with Crippen molar-refractivity contribution < 1.29 is 0 Å². The third-order valence-corrected chi connectivity index (χ3v) is 4.08. The fourth-order valence-corrected chi connectivity index (χ4v) is 2.51. The van der Waals surface area contributed by atoms with Crippen LogP contribution in [0.3, 0.4) is 0 Å². The number of hydrogen-bond acceptors (Lipinski definition) is 2. The maximum atomic E-state index is 8.92. The van der Waals surface area contributed by atoms with Gasteiger partial charge < -0.3 is 0 Å². The summed E-state index contributed by atoms with van der Waals surface area (Å²) in [6.07, 6.45) is 2.07. The van der Waals surface area contributed by atoms with Crippen molar-refractivity contribution in [3.05, 3.63) is 29.3 Å². The number of thioether (sulfide) groups is 1. The Hall–Kier alpha value is -0.940. The van der Waals surface area contributed by atoms with E-state index in [9.17, 15) is 0 Å². The van der Waals surface area contributed by atoms with Crippen LogP contribution in [-0.4, -0.2) is 5.75 Å². The number of nitriles is 1. The highest BCUT2D eigenvalue weighted by Gasteiger charge is 2.15. The van der Waals surface area contributed by atoms with Gasteiger partial charge in [-0.2, -0.15) is 5.26 Å². The van der Waals surface area contributed by atoms with Crippen LogP contribution < -0.4 is 0 Å². The van der Waals surface area contributed by atoms with Crippen LogP contribution >= 0.6 is 11.8 Å². The quantitative estimate of drug-likeness (QED) is 0.555. The second-order valence-corrected chi connectivity index (χ2v) is 6.36. The Morgan fingerprint density at radius 3 is 2.53 bits per heavy atom. The molecule has 0 heterocycles. The lowest BCUT2D eigenvalue weighted by Crippen LogP contribution is -2.07. The molecule has 17 heavy (non-hydrogen) atoms. The van der Waals surface area contributed by atoms with Gasteiger partial charge >= 0.3 is 0 Å². The second kappa shape index (κ2) is 6.12. The number of hydrogen-bond donors (Lipinski definition) is 0. The van der Waals surface area contributed by atoms with Gasteiger partial charge in [0.25, 0.3) is 0 Å². The topological polar surface area (TPSA) is 23.8 Å². The fourth-order valence-electron chi connectivity index (χ4n) is 1.56. The van der Waals surface area contributed by atoms with E-state index < -0.39 is 0 Å². The van der Waals surface area contributed by atoms with Crippen molar-refractivity contribution in [1.29, 1.82) is 5.26 Å². The molecule has 1 nitrogen and oxygen atoms in total. The van der Waals surface area contributed by atoms with Gasteiger partial charge in [-0.05, 0) is 69.5 Å². The smallest absolute Gasteiger partial charge is 0.0683 e. The largest absolute Gasteiger partial charge is 0.198 e. The first-order valence-electron chi connectivity index (χ1n) is 6.06. The SMILES string of the molecule is Cc1ccc(SCCCC(C)(C)C#N)cc1C. The monoisotopic (exact) mass is 247 g/mol. The molecule has 0 bridgehead atoms. The summed E-state index contributed by atoms with van der Waals surface area (Å²) in [5, 5.41) is 8.92. The Balaban J connectivity index is 2.37. The predicted molar refractivity (Wildman–Crippen MR) is 75.3 cm³/mol. The summed E-state index contributed by atoms with van der Waals surface area (Å²) in [6, 6.07) is 8.95. The van der Waals surface area contributed by atoms with Crippen LogP contribution in [0.2, 0.25) is 0 Å². The van der Waals surface area contributed by atoms with Crippen molar-refractivity contribution in [2.24, 2.45) is 5.41 Å². The van der Waals surface area contributed by atoms with E-state index >= 15 is 0 Å². The van der Waals surface area contributed by atoms with Gasteiger partial charge in [0.2, 0.25) is 0 Å². The van der Waals surface area contributed by atoms with Crippen molar-refractivity contribution in [2.45, 2.75) is 45.4 Å². The van der Waals surface area contributed by atoms with Gasteiger partial charge in [0.15, 0.2) is 0 Å². The molecule has 0 N–H and O–H groups in total. The summed E-state index contributed by atoms with van der Waals surface area (Å²) >= 11 is 1.89.